The minimum Gasteiger partial charge on any atom is -0.384 e. The molecular formula is C11H19N3O2. The third-order valence-corrected chi connectivity index (χ3v) is 3.13. The first-order valence-corrected chi connectivity index (χ1v) is 5.92. The fraction of sp³-hybridized carbons (Fsp3) is 0.818. The van der Waals surface area contributed by atoms with Crippen molar-refractivity contribution >= 4 is 0 Å². The number of aromatic nitrogens is 2. The minimum atomic E-state index is -0.669. The van der Waals surface area contributed by atoms with Crippen molar-refractivity contribution in [3.63, 3.8) is 0 Å². The van der Waals surface area contributed by atoms with E-state index in [-0.39, 0.29) is 0 Å². The van der Waals surface area contributed by atoms with Crippen LogP contribution in [0.25, 0.3) is 0 Å². The second-order valence-corrected chi connectivity index (χ2v) is 4.48. The summed E-state index contributed by atoms with van der Waals surface area (Å²) in [5.41, 5.74) is 0. The highest BCUT2D eigenvalue weighted by Gasteiger charge is 2.23. The highest BCUT2D eigenvalue weighted by Crippen LogP contribution is 2.20. The van der Waals surface area contributed by atoms with E-state index in [9.17, 15) is 5.11 Å². The van der Waals surface area contributed by atoms with Gasteiger partial charge >= 0.3 is 0 Å². The molecule has 0 aliphatic carbocycles. The van der Waals surface area contributed by atoms with Crippen LogP contribution in [0.4, 0.5) is 0 Å². The van der Waals surface area contributed by atoms with E-state index in [0.29, 0.717) is 11.8 Å². The predicted octanol–water partition coefficient (Wildman–Crippen LogP) is 1.01. The third kappa shape index (κ3) is 2.59. The Kier molecular flexibility index (Phi) is 3.56. The van der Waals surface area contributed by atoms with E-state index >= 15 is 0 Å². The van der Waals surface area contributed by atoms with Crippen LogP contribution in [0.3, 0.4) is 0 Å². The number of aliphatic hydroxyl groups excluding tert-OH is 1. The molecule has 2 atom stereocenters. The van der Waals surface area contributed by atoms with Crippen LogP contribution >= 0.6 is 0 Å². The molecule has 0 saturated carbocycles. The van der Waals surface area contributed by atoms with Crippen LogP contribution in [-0.2, 0) is 6.42 Å². The average Bonchev–Trinajstić information content (AvgIpc) is 2.87. The van der Waals surface area contributed by atoms with Crippen molar-refractivity contribution in [3.05, 3.63) is 11.7 Å². The highest BCUT2D eigenvalue weighted by molar-refractivity contribution is 4.92. The first-order chi connectivity index (χ1) is 7.69. The summed E-state index contributed by atoms with van der Waals surface area (Å²) in [6.45, 7) is 7.22. The topological polar surface area (TPSA) is 62.4 Å². The number of rotatable bonds is 4. The molecule has 0 spiro atoms. The molecule has 0 radical (unpaired) electrons. The van der Waals surface area contributed by atoms with Crippen molar-refractivity contribution in [2.45, 2.75) is 32.8 Å². The summed E-state index contributed by atoms with van der Waals surface area (Å²) < 4.78 is 4.96. The number of hydrogen-bond donors (Lipinski definition) is 1. The summed E-state index contributed by atoms with van der Waals surface area (Å²) >= 11 is 0. The van der Waals surface area contributed by atoms with Gasteiger partial charge in [0, 0.05) is 13.0 Å². The van der Waals surface area contributed by atoms with Crippen LogP contribution < -0.4 is 0 Å². The van der Waals surface area contributed by atoms with Gasteiger partial charge in [0.2, 0.25) is 0 Å². The Labute approximate surface area is 95.4 Å². The number of hydrogen-bond acceptors (Lipinski definition) is 5. The van der Waals surface area contributed by atoms with Crippen molar-refractivity contribution in [2.24, 2.45) is 5.92 Å². The van der Waals surface area contributed by atoms with Crippen molar-refractivity contribution in [1.29, 1.82) is 0 Å². The minimum absolute atomic E-state index is 0.320. The maximum absolute atomic E-state index is 9.27. The van der Waals surface area contributed by atoms with Gasteiger partial charge in [0.25, 0.3) is 5.89 Å². The van der Waals surface area contributed by atoms with Crippen LogP contribution in [-0.4, -0.2) is 39.8 Å². The van der Waals surface area contributed by atoms with Crippen molar-refractivity contribution in [3.8, 4) is 0 Å². The molecule has 0 bridgehead atoms. The van der Waals surface area contributed by atoms with Crippen molar-refractivity contribution < 1.29 is 9.63 Å². The first-order valence-electron chi connectivity index (χ1n) is 5.92. The summed E-state index contributed by atoms with van der Waals surface area (Å²) in [5.74, 6) is 1.67. The smallest absolute Gasteiger partial charge is 0.255 e. The molecule has 1 aliphatic heterocycles. The predicted molar refractivity (Wildman–Crippen MR) is 58.9 cm³/mol. The zero-order valence-corrected chi connectivity index (χ0v) is 9.89. The van der Waals surface area contributed by atoms with Gasteiger partial charge in [-0.3, -0.25) is 0 Å². The Balaban J connectivity index is 1.89. The third-order valence-electron chi connectivity index (χ3n) is 3.13. The number of likely N-dealkylation sites (tertiary alicyclic amines) is 1. The Morgan fingerprint density at radius 2 is 2.44 bits per heavy atom. The summed E-state index contributed by atoms with van der Waals surface area (Å²) in [4.78, 5) is 6.61. The van der Waals surface area contributed by atoms with Crippen molar-refractivity contribution in [1.82, 2.24) is 15.0 Å². The summed E-state index contributed by atoms with van der Waals surface area (Å²) in [5, 5.41) is 13.2. The lowest BCUT2D eigenvalue weighted by atomic mass is 10.1. The normalized spacial score (nSPS) is 23.8. The van der Waals surface area contributed by atoms with Crippen LogP contribution in [0.15, 0.2) is 4.52 Å². The molecule has 1 saturated heterocycles. The van der Waals surface area contributed by atoms with Gasteiger partial charge in [-0.2, -0.15) is 4.98 Å². The van der Waals surface area contributed by atoms with Gasteiger partial charge in [0.15, 0.2) is 5.82 Å². The molecule has 1 aromatic rings. The Morgan fingerprint density at radius 3 is 3.00 bits per heavy atom. The molecule has 1 aliphatic rings. The quantitative estimate of drug-likeness (QED) is 0.828. The van der Waals surface area contributed by atoms with Crippen LogP contribution in [0, 0.1) is 5.92 Å². The van der Waals surface area contributed by atoms with Gasteiger partial charge in [0.1, 0.15) is 6.10 Å². The molecule has 0 aromatic carbocycles. The number of aliphatic hydroxyl groups is 1. The lowest BCUT2D eigenvalue weighted by Gasteiger charge is -2.11. The van der Waals surface area contributed by atoms with E-state index in [4.69, 9.17) is 4.52 Å². The van der Waals surface area contributed by atoms with E-state index in [0.717, 1.165) is 25.3 Å². The molecule has 2 rings (SSSR count). The molecule has 2 unspecified atom stereocenters. The molecule has 5 nitrogen and oxygen atoms in total. The van der Waals surface area contributed by atoms with Gasteiger partial charge in [-0.05, 0) is 32.4 Å². The second kappa shape index (κ2) is 4.93. The largest absolute Gasteiger partial charge is 0.384 e. The molecule has 2 heterocycles. The maximum atomic E-state index is 9.27. The maximum Gasteiger partial charge on any atom is 0.255 e. The molecule has 1 N–H and O–H groups in total. The molecule has 16 heavy (non-hydrogen) atoms. The van der Waals surface area contributed by atoms with Crippen LogP contribution in [0.2, 0.25) is 0 Å². The SMILES string of the molecule is CCN1CCC(Cc2noc(C(C)O)n2)C1. The molecule has 0 amide bonds. The molecule has 1 aromatic heterocycles. The van der Waals surface area contributed by atoms with E-state index < -0.39 is 6.10 Å². The van der Waals surface area contributed by atoms with E-state index in [1.807, 2.05) is 0 Å². The Bertz CT molecular complexity index is 338. The zero-order valence-electron chi connectivity index (χ0n) is 9.89. The fourth-order valence-corrected chi connectivity index (χ4v) is 2.14. The van der Waals surface area contributed by atoms with Gasteiger partial charge in [-0.15, -0.1) is 0 Å². The van der Waals surface area contributed by atoms with E-state index in [1.165, 1.54) is 13.0 Å². The molecule has 5 heteroatoms. The summed E-state index contributed by atoms with van der Waals surface area (Å²) in [6, 6.07) is 0. The standard InChI is InChI=1S/C11H19N3O2/c1-3-14-5-4-9(7-14)6-10-12-11(8(2)15)16-13-10/h8-9,15H,3-7H2,1-2H3. The van der Waals surface area contributed by atoms with Gasteiger partial charge < -0.3 is 14.5 Å². The van der Waals surface area contributed by atoms with Crippen LogP contribution in [0.1, 0.15) is 38.1 Å². The molecular weight excluding hydrogens is 206 g/mol. The fourth-order valence-electron chi connectivity index (χ4n) is 2.14. The van der Waals surface area contributed by atoms with E-state index in [1.54, 1.807) is 6.92 Å². The second-order valence-electron chi connectivity index (χ2n) is 4.48. The average molecular weight is 225 g/mol. The van der Waals surface area contributed by atoms with E-state index in [2.05, 4.69) is 22.0 Å². The molecule has 1 fully saturated rings. The zero-order chi connectivity index (χ0) is 11.5. The summed E-state index contributed by atoms with van der Waals surface area (Å²) in [6.07, 6.45) is 1.39. The van der Waals surface area contributed by atoms with Gasteiger partial charge in [-0.25, -0.2) is 0 Å². The summed E-state index contributed by atoms with van der Waals surface area (Å²) in [7, 11) is 0. The first kappa shape index (κ1) is 11.5. The van der Waals surface area contributed by atoms with Crippen LogP contribution in [0.5, 0.6) is 0 Å². The van der Waals surface area contributed by atoms with Gasteiger partial charge in [0.05, 0.1) is 0 Å². The monoisotopic (exact) mass is 225 g/mol. The Hall–Kier alpha value is -0.940. The lowest BCUT2D eigenvalue weighted by molar-refractivity contribution is 0.151. The highest BCUT2D eigenvalue weighted by atomic mass is 16.5. The lowest BCUT2D eigenvalue weighted by Crippen LogP contribution is -2.20. The molecule has 90 valence electrons. The number of nitrogens with zero attached hydrogens (tertiary/aromatic N) is 3. The van der Waals surface area contributed by atoms with Gasteiger partial charge in [-0.1, -0.05) is 12.1 Å². The Morgan fingerprint density at radius 1 is 1.62 bits per heavy atom. The van der Waals surface area contributed by atoms with Crippen molar-refractivity contribution in [2.75, 3.05) is 19.6 Å².